The molecule has 0 aromatic heterocycles. The summed E-state index contributed by atoms with van der Waals surface area (Å²) < 4.78 is 41.9. The van der Waals surface area contributed by atoms with Crippen molar-refractivity contribution in [3.63, 3.8) is 0 Å². The Morgan fingerprint density at radius 2 is 0.688 bits per heavy atom. The van der Waals surface area contributed by atoms with Crippen LogP contribution >= 0.6 is 29.5 Å². The van der Waals surface area contributed by atoms with Gasteiger partial charge in [-0.1, -0.05) is 52.6 Å². The summed E-state index contributed by atoms with van der Waals surface area (Å²) in [5.41, 5.74) is 0. The molecule has 184 valence electrons. The third-order valence-corrected chi connectivity index (χ3v) is 7.93. The van der Waals surface area contributed by atoms with Crippen molar-refractivity contribution in [3.05, 3.63) is 98.2 Å². The van der Waals surface area contributed by atoms with E-state index >= 15 is 0 Å². The topological polar surface area (TPSA) is 190 Å². The minimum Gasteiger partial charge on any atom is -0.391 e. The Morgan fingerprint density at radius 1 is 0.531 bits per heavy atom. The molecule has 0 amide bonds. The first-order chi connectivity index (χ1) is 14.3. The highest BCUT2D eigenvalue weighted by Gasteiger charge is 2.25. The van der Waals surface area contributed by atoms with Crippen molar-refractivity contribution in [1.29, 1.82) is 0 Å². The van der Waals surface area contributed by atoms with Crippen LogP contribution in [0.1, 0.15) is 0 Å². The Labute approximate surface area is 189 Å². The van der Waals surface area contributed by atoms with E-state index in [-0.39, 0.29) is 10.6 Å². The zero-order chi connectivity index (χ0) is 26.8. The summed E-state index contributed by atoms with van der Waals surface area (Å²) in [5, 5.41) is 16.5. The fourth-order valence-electron chi connectivity index (χ4n) is 0.639. The maximum absolute atomic E-state index is 11.1. The number of aliphatic hydroxyl groups excluding tert-OH is 2. The smallest absolute Gasteiger partial charge is 0.254 e. The molecule has 0 aliphatic heterocycles. The zero-order valence-corrected chi connectivity index (χ0v) is 21.2. The summed E-state index contributed by atoms with van der Waals surface area (Å²) in [6.45, 7) is 23.9. The molecule has 6 N–H and O–H groups in total. The number of aliphatic hydroxyl groups is 2. The molecule has 10 nitrogen and oxygen atoms in total. The molecule has 0 spiro atoms. The van der Waals surface area contributed by atoms with Gasteiger partial charge in [-0.25, -0.2) is 0 Å². The van der Waals surface area contributed by atoms with Gasteiger partial charge in [0.05, 0.1) is 13.2 Å². The maximum atomic E-state index is 11.1. The highest BCUT2D eigenvalue weighted by Crippen LogP contribution is 2.55. The van der Waals surface area contributed by atoms with Crippen molar-refractivity contribution in [2.24, 2.45) is 0 Å². The van der Waals surface area contributed by atoms with E-state index in [0.29, 0.717) is 0 Å². The Bertz CT molecular complexity index is 756. The molecule has 0 heterocycles. The van der Waals surface area contributed by atoms with Crippen molar-refractivity contribution in [3.8, 4) is 0 Å². The summed E-state index contributed by atoms with van der Waals surface area (Å²) in [4.78, 5) is 34.4. The fourth-order valence-corrected chi connectivity index (χ4v) is 1.92. The van der Waals surface area contributed by atoms with Gasteiger partial charge in [-0.2, -0.15) is 0 Å². The molecule has 14 heteroatoms. The van der Waals surface area contributed by atoms with Gasteiger partial charge >= 0.3 is 0 Å². The first-order valence-corrected chi connectivity index (χ1v) is 15.1. The van der Waals surface area contributed by atoms with Gasteiger partial charge in [-0.15, -0.1) is 0 Å². The van der Waals surface area contributed by atoms with Crippen LogP contribution < -0.4 is 0 Å². The third kappa shape index (κ3) is 20.5. The standard InChI is InChI=1S/C6H11O4P.3C4H7O2P/c1-5(3-7)11(9,10)6(2)4-8;3*1-3-7(5,6)4-2/h7-8H,1-4H2,(H,9,10);3*3-4H,1-2H2,(H,5,6). The molecular weight excluding hydrogens is 500 g/mol. The van der Waals surface area contributed by atoms with E-state index in [1.54, 1.807) is 0 Å². The second-order valence-corrected chi connectivity index (χ2v) is 13.8. The third-order valence-electron chi connectivity index (χ3n) is 2.79. The molecule has 0 unspecified atom stereocenters. The molecule has 0 atom stereocenters. The van der Waals surface area contributed by atoms with Gasteiger partial charge in [0.2, 0.25) is 22.1 Å². The van der Waals surface area contributed by atoms with Gasteiger partial charge in [0.1, 0.15) is 0 Å². The molecule has 0 aliphatic carbocycles. The Hall–Kier alpha value is -1.40. The summed E-state index contributed by atoms with van der Waals surface area (Å²) >= 11 is 0. The van der Waals surface area contributed by atoms with Crippen LogP contribution in [0.25, 0.3) is 0 Å². The van der Waals surface area contributed by atoms with E-state index in [0.717, 1.165) is 34.9 Å². The first kappa shape index (κ1) is 37.9. The SMILES string of the molecule is C=C(CO)P(=O)(O)C(=C)CO.C=CP(=O)(O)C=C.C=CP(=O)(O)C=C.C=CP(=O)(O)C=C. The van der Waals surface area contributed by atoms with Gasteiger partial charge in [0, 0.05) is 10.6 Å². The van der Waals surface area contributed by atoms with Crippen molar-refractivity contribution in [2.75, 3.05) is 13.2 Å². The maximum Gasteiger partial charge on any atom is 0.254 e. The molecule has 0 saturated carbocycles. The summed E-state index contributed by atoms with van der Waals surface area (Å²) in [6, 6.07) is 0. The number of hydrogen-bond acceptors (Lipinski definition) is 6. The van der Waals surface area contributed by atoms with Crippen LogP contribution in [-0.4, -0.2) is 43.0 Å². The van der Waals surface area contributed by atoms with E-state index in [1.165, 1.54) is 0 Å². The zero-order valence-electron chi connectivity index (χ0n) is 17.6. The van der Waals surface area contributed by atoms with Gasteiger partial charge in [0.15, 0.2) is 0 Å². The van der Waals surface area contributed by atoms with Crippen molar-refractivity contribution in [1.82, 2.24) is 0 Å². The van der Waals surface area contributed by atoms with E-state index in [9.17, 15) is 18.3 Å². The van der Waals surface area contributed by atoms with Crippen molar-refractivity contribution < 1.29 is 48.0 Å². The van der Waals surface area contributed by atoms with Crippen LogP contribution in [0.15, 0.2) is 98.2 Å². The molecule has 0 aromatic rings. The molecule has 0 radical (unpaired) electrons. The van der Waals surface area contributed by atoms with Crippen LogP contribution in [0.2, 0.25) is 0 Å². The van der Waals surface area contributed by atoms with Crippen molar-refractivity contribution >= 4 is 29.5 Å². The lowest BCUT2D eigenvalue weighted by Gasteiger charge is -2.12. The molecule has 0 bridgehead atoms. The summed E-state index contributed by atoms with van der Waals surface area (Å²) in [5.74, 6) is 5.92. The summed E-state index contributed by atoms with van der Waals surface area (Å²) in [7, 11) is -13.1. The largest absolute Gasteiger partial charge is 0.391 e. The lowest BCUT2D eigenvalue weighted by molar-refractivity contribution is 0.327. The van der Waals surface area contributed by atoms with Crippen LogP contribution in [0.3, 0.4) is 0 Å². The van der Waals surface area contributed by atoms with Gasteiger partial charge in [-0.05, 0) is 34.9 Å². The molecule has 0 saturated heterocycles. The van der Waals surface area contributed by atoms with E-state index in [4.69, 9.17) is 29.8 Å². The minimum atomic E-state index is -3.76. The minimum absolute atomic E-state index is 0.212. The monoisotopic (exact) mass is 532 g/mol. The Morgan fingerprint density at radius 3 is 0.750 bits per heavy atom. The summed E-state index contributed by atoms with van der Waals surface area (Å²) in [6.07, 6.45) is 0. The van der Waals surface area contributed by atoms with Crippen LogP contribution in [0.4, 0.5) is 0 Å². The normalized spacial score (nSPS) is 10.7. The lowest BCUT2D eigenvalue weighted by atomic mass is 10.7. The van der Waals surface area contributed by atoms with Crippen molar-refractivity contribution in [2.45, 2.75) is 0 Å². The second kappa shape index (κ2) is 18.1. The first-order valence-electron chi connectivity index (χ1n) is 8.02. The second-order valence-electron chi connectivity index (χ2n) is 5.14. The average molecular weight is 532 g/mol. The highest BCUT2D eigenvalue weighted by atomic mass is 31.2. The molecule has 32 heavy (non-hydrogen) atoms. The van der Waals surface area contributed by atoms with Crippen LogP contribution in [0, 0.1) is 0 Å². The molecule has 0 fully saturated rings. The van der Waals surface area contributed by atoms with Gasteiger partial charge < -0.3 is 29.8 Å². The van der Waals surface area contributed by atoms with Gasteiger partial charge in [0.25, 0.3) is 7.37 Å². The van der Waals surface area contributed by atoms with E-state index in [2.05, 4.69) is 52.6 Å². The molecule has 0 aliphatic rings. The molecule has 0 rings (SSSR count). The number of rotatable bonds is 10. The Balaban J connectivity index is -0.000000167. The fraction of sp³-hybridized carbons (Fsp3) is 0.111. The average Bonchev–Trinajstić information content (AvgIpc) is 2.78. The molecular formula is C18H32O10P4. The van der Waals surface area contributed by atoms with Gasteiger partial charge in [-0.3, -0.25) is 18.3 Å². The predicted molar refractivity (Wildman–Crippen MR) is 133 cm³/mol. The highest BCUT2D eigenvalue weighted by molar-refractivity contribution is 7.66. The Kier molecular flexibility index (Phi) is 21.4. The molecule has 0 aromatic carbocycles. The quantitative estimate of drug-likeness (QED) is 0.211. The lowest BCUT2D eigenvalue weighted by Crippen LogP contribution is -1.96. The van der Waals surface area contributed by atoms with Crippen LogP contribution in [0.5, 0.6) is 0 Å². The van der Waals surface area contributed by atoms with Crippen LogP contribution in [-0.2, 0) is 18.3 Å². The van der Waals surface area contributed by atoms with E-state index in [1.807, 2.05) is 0 Å². The number of hydrogen-bond donors (Lipinski definition) is 6. The van der Waals surface area contributed by atoms with E-state index < -0.39 is 42.7 Å². The predicted octanol–water partition coefficient (Wildman–Crippen LogP) is 4.90.